The number of hydrogen-bond donors (Lipinski definition) is 1. The fraction of sp³-hybridized carbons (Fsp3) is 0.333. The van der Waals surface area contributed by atoms with Crippen molar-refractivity contribution in [3.8, 4) is 0 Å². The van der Waals surface area contributed by atoms with Gasteiger partial charge in [-0.05, 0) is 48.2 Å². The molecule has 1 atom stereocenters. The van der Waals surface area contributed by atoms with Crippen molar-refractivity contribution in [2.75, 3.05) is 23.7 Å². The molecular formula is C30H35ClFN3O4S. The first kappa shape index (κ1) is 31.1. The van der Waals surface area contributed by atoms with E-state index in [1.807, 2.05) is 44.2 Å². The molecule has 0 aliphatic rings. The zero-order chi connectivity index (χ0) is 29.4. The van der Waals surface area contributed by atoms with Gasteiger partial charge in [-0.3, -0.25) is 13.9 Å². The van der Waals surface area contributed by atoms with Gasteiger partial charge in [-0.2, -0.15) is 0 Å². The fourth-order valence-corrected chi connectivity index (χ4v) is 5.41. The molecule has 0 spiro atoms. The molecule has 0 aromatic heterocycles. The van der Waals surface area contributed by atoms with Gasteiger partial charge in [-0.1, -0.05) is 74.0 Å². The van der Waals surface area contributed by atoms with Crippen LogP contribution in [0.2, 0.25) is 5.02 Å². The first-order valence-electron chi connectivity index (χ1n) is 12.9. The molecule has 0 fully saturated rings. The summed E-state index contributed by atoms with van der Waals surface area (Å²) in [4.78, 5) is 28.9. The molecule has 0 heterocycles. The van der Waals surface area contributed by atoms with Crippen molar-refractivity contribution in [1.82, 2.24) is 10.2 Å². The molecule has 0 aliphatic heterocycles. The molecule has 0 bridgehead atoms. The Morgan fingerprint density at radius 3 is 2.25 bits per heavy atom. The van der Waals surface area contributed by atoms with Crippen molar-refractivity contribution in [3.63, 3.8) is 0 Å². The number of carbonyl (C=O) groups excluding carboxylic acids is 2. The minimum atomic E-state index is -3.92. The first-order chi connectivity index (χ1) is 18.9. The van der Waals surface area contributed by atoms with Crippen LogP contribution in [0, 0.1) is 18.7 Å². The SMILES string of the molecule is Cc1cc(Cl)ccc1N(CC(=O)N(Cc1ccccc1F)[C@H](Cc1ccccc1)C(=O)NCC(C)C)S(C)(=O)=O. The van der Waals surface area contributed by atoms with Crippen LogP contribution in [0.15, 0.2) is 72.8 Å². The lowest BCUT2D eigenvalue weighted by Gasteiger charge is -2.34. The number of anilines is 1. The van der Waals surface area contributed by atoms with Gasteiger partial charge in [0.05, 0.1) is 11.9 Å². The summed E-state index contributed by atoms with van der Waals surface area (Å²) in [5.74, 6) is -1.43. The number of rotatable bonds is 12. The molecule has 0 saturated heterocycles. The molecule has 3 aromatic rings. The number of nitrogens with zero attached hydrogens (tertiary/aromatic N) is 2. The normalized spacial score (nSPS) is 12.2. The van der Waals surface area contributed by atoms with E-state index in [0.29, 0.717) is 17.1 Å². The lowest BCUT2D eigenvalue weighted by Crippen LogP contribution is -2.53. The molecular weight excluding hydrogens is 553 g/mol. The van der Waals surface area contributed by atoms with E-state index < -0.39 is 40.2 Å². The van der Waals surface area contributed by atoms with Crippen molar-refractivity contribution in [2.24, 2.45) is 5.92 Å². The Bertz CT molecular complexity index is 1430. The largest absolute Gasteiger partial charge is 0.354 e. The highest BCUT2D eigenvalue weighted by Gasteiger charge is 2.33. The summed E-state index contributed by atoms with van der Waals surface area (Å²) in [7, 11) is -3.92. The first-order valence-corrected chi connectivity index (χ1v) is 15.2. The molecule has 2 amide bonds. The molecule has 0 saturated carbocycles. The Morgan fingerprint density at radius 2 is 1.65 bits per heavy atom. The summed E-state index contributed by atoms with van der Waals surface area (Å²) >= 11 is 6.08. The molecule has 3 rings (SSSR count). The van der Waals surface area contributed by atoms with Gasteiger partial charge in [-0.15, -0.1) is 0 Å². The van der Waals surface area contributed by atoms with Crippen LogP contribution in [-0.2, 0) is 32.6 Å². The Hall–Kier alpha value is -3.43. The van der Waals surface area contributed by atoms with Gasteiger partial charge in [0.15, 0.2) is 0 Å². The van der Waals surface area contributed by atoms with Crippen LogP contribution >= 0.6 is 11.6 Å². The zero-order valence-corrected chi connectivity index (χ0v) is 24.7. The second-order valence-electron chi connectivity index (χ2n) is 10.2. The van der Waals surface area contributed by atoms with Crippen LogP contribution in [-0.4, -0.2) is 50.5 Å². The van der Waals surface area contributed by atoms with Crippen LogP contribution in [0.4, 0.5) is 10.1 Å². The Kier molecular flexibility index (Phi) is 10.7. The van der Waals surface area contributed by atoms with E-state index in [4.69, 9.17) is 11.6 Å². The second-order valence-corrected chi connectivity index (χ2v) is 12.5. The van der Waals surface area contributed by atoms with Gasteiger partial charge in [0.2, 0.25) is 21.8 Å². The van der Waals surface area contributed by atoms with Gasteiger partial charge in [0, 0.05) is 30.1 Å². The average molecular weight is 588 g/mol. The molecule has 40 heavy (non-hydrogen) atoms. The molecule has 3 aromatic carbocycles. The smallest absolute Gasteiger partial charge is 0.244 e. The quantitative estimate of drug-likeness (QED) is 0.324. The van der Waals surface area contributed by atoms with E-state index in [9.17, 15) is 22.4 Å². The lowest BCUT2D eigenvalue weighted by atomic mass is 10.0. The number of sulfonamides is 1. The van der Waals surface area contributed by atoms with Crippen molar-refractivity contribution >= 4 is 39.1 Å². The molecule has 0 aliphatic carbocycles. The minimum Gasteiger partial charge on any atom is -0.354 e. The minimum absolute atomic E-state index is 0.157. The van der Waals surface area contributed by atoms with Crippen molar-refractivity contribution in [1.29, 1.82) is 0 Å². The van der Waals surface area contributed by atoms with Crippen LogP contribution < -0.4 is 9.62 Å². The number of carbonyl (C=O) groups is 2. The average Bonchev–Trinajstić information content (AvgIpc) is 2.89. The van der Waals surface area contributed by atoms with E-state index in [0.717, 1.165) is 16.1 Å². The number of nitrogens with one attached hydrogen (secondary N) is 1. The maximum absolute atomic E-state index is 14.8. The van der Waals surface area contributed by atoms with Crippen LogP contribution in [0.5, 0.6) is 0 Å². The third-order valence-corrected chi connectivity index (χ3v) is 7.72. The highest BCUT2D eigenvalue weighted by atomic mass is 35.5. The number of benzene rings is 3. The molecule has 214 valence electrons. The van der Waals surface area contributed by atoms with Gasteiger partial charge >= 0.3 is 0 Å². The second kappa shape index (κ2) is 13.8. The van der Waals surface area contributed by atoms with Gasteiger partial charge in [0.1, 0.15) is 18.4 Å². The Balaban J connectivity index is 2.08. The van der Waals surface area contributed by atoms with Crippen LogP contribution in [0.25, 0.3) is 0 Å². The molecule has 0 radical (unpaired) electrons. The summed E-state index contributed by atoms with van der Waals surface area (Å²) in [6.07, 6.45) is 1.16. The van der Waals surface area contributed by atoms with Gasteiger partial charge in [0.25, 0.3) is 0 Å². The number of aryl methyl sites for hydroxylation is 1. The van der Waals surface area contributed by atoms with Gasteiger partial charge in [-0.25, -0.2) is 12.8 Å². The Morgan fingerprint density at radius 1 is 1.00 bits per heavy atom. The monoisotopic (exact) mass is 587 g/mol. The summed E-state index contributed by atoms with van der Waals surface area (Å²) in [5, 5.41) is 3.32. The Labute approximate surface area is 241 Å². The highest BCUT2D eigenvalue weighted by molar-refractivity contribution is 7.92. The van der Waals surface area contributed by atoms with E-state index in [2.05, 4.69) is 5.32 Å². The van der Waals surface area contributed by atoms with Crippen molar-refractivity contribution in [3.05, 3.63) is 100 Å². The van der Waals surface area contributed by atoms with Crippen molar-refractivity contribution in [2.45, 2.75) is 39.8 Å². The number of amides is 2. The number of hydrogen-bond acceptors (Lipinski definition) is 4. The third kappa shape index (κ3) is 8.53. The lowest BCUT2D eigenvalue weighted by molar-refractivity contribution is -0.140. The van der Waals surface area contributed by atoms with E-state index in [1.165, 1.54) is 23.1 Å². The maximum Gasteiger partial charge on any atom is 0.244 e. The third-order valence-electron chi connectivity index (χ3n) is 6.36. The summed E-state index contributed by atoms with van der Waals surface area (Å²) in [5.41, 5.74) is 1.85. The predicted molar refractivity (Wildman–Crippen MR) is 157 cm³/mol. The van der Waals surface area contributed by atoms with E-state index in [-0.39, 0.29) is 30.1 Å². The van der Waals surface area contributed by atoms with Crippen LogP contribution in [0.1, 0.15) is 30.5 Å². The topological polar surface area (TPSA) is 86.8 Å². The molecule has 10 heteroatoms. The molecule has 1 N–H and O–H groups in total. The van der Waals surface area contributed by atoms with Crippen molar-refractivity contribution < 1.29 is 22.4 Å². The zero-order valence-electron chi connectivity index (χ0n) is 23.1. The predicted octanol–water partition coefficient (Wildman–Crippen LogP) is 4.97. The highest BCUT2D eigenvalue weighted by Crippen LogP contribution is 2.26. The number of halogens is 2. The van der Waals surface area contributed by atoms with Gasteiger partial charge < -0.3 is 10.2 Å². The summed E-state index contributed by atoms with van der Waals surface area (Å²) in [6, 6.07) is 18.8. The molecule has 7 nitrogen and oxygen atoms in total. The standard InChI is InChI=1S/C30H35ClFN3O4S/c1-21(2)18-33-30(37)28(17-23-10-6-5-7-11-23)34(19-24-12-8-9-13-26(24)32)29(36)20-35(40(4,38)39)27-15-14-25(31)16-22(27)3/h5-16,21,28H,17-20H2,1-4H3,(H,33,37)/t28-/m1/s1. The van der Waals surface area contributed by atoms with Crippen LogP contribution in [0.3, 0.4) is 0 Å². The maximum atomic E-state index is 14.8. The summed E-state index contributed by atoms with van der Waals surface area (Å²) < 4.78 is 41.6. The summed E-state index contributed by atoms with van der Waals surface area (Å²) in [6.45, 7) is 5.16. The van der Waals surface area contributed by atoms with E-state index in [1.54, 1.807) is 31.2 Å². The van der Waals surface area contributed by atoms with E-state index >= 15 is 0 Å². The molecule has 0 unspecified atom stereocenters. The fourth-order valence-electron chi connectivity index (χ4n) is 4.28.